The van der Waals surface area contributed by atoms with Gasteiger partial charge in [-0.05, 0) is 6.42 Å². The Balaban J connectivity index is 1.51. The maximum Gasteiger partial charge on any atom is 0.220 e. The Labute approximate surface area is 134 Å². The lowest BCUT2D eigenvalue weighted by Crippen LogP contribution is -2.35. The van der Waals surface area contributed by atoms with E-state index < -0.39 is 9.84 Å². The smallest absolute Gasteiger partial charge is 0.220 e. The Morgan fingerprint density at radius 2 is 2.09 bits per heavy atom. The van der Waals surface area contributed by atoms with E-state index in [0.29, 0.717) is 24.5 Å². The second kappa shape index (κ2) is 6.54. The third-order valence-electron chi connectivity index (χ3n) is 3.78. The Kier molecular flexibility index (Phi) is 4.47. The zero-order valence-corrected chi connectivity index (χ0v) is 13.4. The van der Waals surface area contributed by atoms with Gasteiger partial charge in [0.05, 0.1) is 17.7 Å². The number of carbonyl (C=O) groups excluding carboxylic acids is 1. The number of carbonyl (C=O) groups is 1. The van der Waals surface area contributed by atoms with E-state index >= 15 is 0 Å². The van der Waals surface area contributed by atoms with Gasteiger partial charge >= 0.3 is 0 Å². The number of rotatable bonds is 5. The molecule has 0 aliphatic carbocycles. The molecule has 0 bridgehead atoms. The molecule has 2 heterocycles. The topological polar surface area (TPSA) is 89.3 Å². The minimum atomic E-state index is -2.98. The van der Waals surface area contributed by atoms with Crippen molar-refractivity contribution in [3.63, 3.8) is 0 Å². The van der Waals surface area contributed by atoms with E-state index in [1.807, 2.05) is 30.3 Å². The summed E-state index contributed by atoms with van der Waals surface area (Å²) in [5.74, 6) is 1.18. The molecule has 6 nitrogen and oxygen atoms in total. The van der Waals surface area contributed by atoms with Gasteiger partial charge in [0.2, 0.25) is 5.91 Å². The molecule has 1 amide bonds. The van der Waals surface area contributed by atoms with Crippen LogP contribution in [0, 0.1) is 0 Å². The van der Waals surface area contributed by atoms with Crippen LogP contribution < -0.4 is 5.32 Å². The van der Waals surface area contributed by atoms with E-state index in [0.717, 1.165) is 5.56 Å². The molecular formula is C16H18N2O4S. The Morgan fingerprint density at radius 3 is 2.78 bits per heavy atom. The maximum absolute atomic E-state index is 11.9. The first-order valence-corrected chi connectivity index (χ1v) is 9.34. The van der Waals surface area contributed by atoms with E-state index in [1.165, 1.54) is 0 Å². The molecule has 1 fully saturated rings. The van der Waals surface area contributed by atoms with Crippen molar-refractivity contribution < 1.29 is 17.6 Å². The summed E-state index contributed by atoms with van der Waals surface area (Å²) in [6, 6.07) is 9.35. The summed E-state index contributed by atoms with van der Waals surface area (Å²) in [6.45, 7) is 0. The highest BCUT2D eigenvalue weighted by Crippen LogP contribution is 2.20. The molecule has 0 unspecified atom stereocenters. The van der Waals surface area contributed by atoms with Crippen LogP contribution >= 0.6 is 0 Å². The van der Waals surface area contributed by atoms with Gasteiger partial charge in [0.1, 0.15) is 0 Å². The van der Waals surface area contributed by atoms with E-state index in [2.05, 4.69) is 10.3 Å². The lowest BCUT2D eigenvalue weighted by molar-refractivity contribution is -0.121. The van der Waals surface area contributed by atoms with Gasteiger partial charge < -0.3 is 9.73 Å². The minimum absolute atomic E-state index is 0.0376. The second-order valence-electron chi connectivity index (χ2n) is 5.65. The average molecular weight is 334 g/mol. The Morgan fingerprint density at radius 1 is 1.30 bits per heavy atom. The Hall–Kier alpha value is -2.15. The first-order chi connectivity index (χ1) is 11.0. The number of sulfone groups is 1. The lowest BCUT2D eigenvalue weighted by Gasteiger charge is -2.09. The maximum atomic E-state index is 11.9. The van der Waals surface area contributed by atoms with Gasteiger partial charge in [0.25, 0.3) is 0 Å². The van der Waals surface area contributed by atoms with Crippen LogP contribution in [0.3, 0.4) is 0 Å². The highest BCUT2D eigenvalue weighted by atomic mass is 32.2. The number of hydrogen-bond acceptors (Lipinski definition) is 5. The number of nitrogens with zero attached hydrogens (tertiary/aromatic N) is 1. The summed E-state index contributed by atoms with van der Waals surface area (Å²) in [4.78, 5) is 16.1. The molecule has 1 saturated heterocycles. The molecule has 3 rings (SSSR count). The molecule has 0 radical (unpaired) electrons. The van der Waals surface area contributed by atoms with Gasteiger partial charge in [-0.3, -0.25) is 4.79 Å². The van der Waals surface area contributed by atoms with Crippen molar-refractivity contribution in [1.29, 1.82) is 0 Å². The summed E-state index contributed by atoms with van der Waals surface area (Å²) < 4.78 is 28.4. The zero-order chi connectivity index (χ0) is 16.3. The van der Waals surface area contributed by atoms with Gasteiger partial charge in [-0.15, -0.1) is 0 Å². The molecule has 1 aliphatic rings. The van der Waals surface area contributed by atoms with Crippen LogP contribution in [0.25, 0.3) is 11.3 Å². The van der Waals surface area contributed by atoms with Crippen molar-refractivity contribution in [1.82, 2.24) is 10.3 Å². The van der Waals surface area contributed by atoms with Crippen LogP contribution in [0.15, 0.2) is 40.9 Å². The lowest BCUT2D eigenvalue weighted by atomic mass is 10.2. The van der Waals surface area contributed by atoms with E-state index in [9.17, 15) is 13.2 Å². The second-order valence-corrected chi connectivity index (χ2v) is 7.88. The number of hydrogen-bond donors (Lipinski definition) is 1. The third kappa shape index (κ3) is 4.19. The van der Waals surface area contributed by atoms with Gasteiger partial charge in [0, 0.05) is 24.4 Å². The summed E-state index contributed by atoms with van der Waals surface area (Å²) in [7, 11) is -2.98. The molecular weight excluding hydrogens is 316 g/mol. The minimum Gasteiger partial charge on any atom is -0.441 e. The van der Waals surface area contributed by atoms with E-state index in [4.69, 9.17) is 4.42 Å². The predicted octanol–water partition coefficient (Wildman–Crippen LogP) is 1.58. The standard InChI is InChI=1S/C16H18N2O4S/c19-15(18-13-8-9-23(20,21)11-13)6-7-16-17-10-14(22-16)12-4-2-1-3-5-12/h1-5,10,13H,6-9,11H2,(H,18,19)/t13-/m1/s1. The largest absolute Gasteiger partial charge is 0.441 e. The van der Waals surface area contributed by atoms with Crippen molar-refractivity contribution in [3.8, 4) is 11.3 Å². The van der Waals surface area contributed by atoms with Crippen molar-refractivity contribution in [2.75, 3.05) is 11.5 Å². The number of nitrogens with one attached hydrogen (secondary N) is 1. The quantitative estimate of drug-likeness (QED) is 0.896. The molecule has 122 valence electrons. The fourth-order valence-corrected chi connectivity index (χ4v) is 4.26. The number of benzene rings is 1. The van der Waals surface area contributed by atoms with Crippen molar-refractivity contribution in [2.45, 2.75) is 25.3 Å². The van der Waals surface area contributed by atoms with Crippen LogP contribution in [0.1, 0.15) is 18.7 Å². The molecule has 7 heteroatoms. The first kappa shape index (κ1) is 15.7. The fraction of sp³-hybridized carbons (Fsp3) is 0.375. The van der Waals surface area contributed by atoms with E-state index in [1.54, 1.807) is 6.20 Å². The fourth-order valence-electron chi connectivity index (χ4n) is 2.59. The zero-order valence-electron chi connectivity index (χ0n) is 12.6. The molecule has 1 aromatic heterocycles. The van der Waals surface area contributed by atoms with Crippen LogP contribution in [-0.2, 0) is 21.1 Å². The van der Waals surface area contributed by atoms with Crippen LogP contribution in [0.5, 0.6) is 0 Å². The monoisotopic (exact) mass is 334 g/mol. The predicted molar refractivity (Wildman–Crippen MR) is 85.5 cm³/mol. The van der Waals surface area contributed by atoms with Crippen LogP contribution in [0.2, 0.25) is 0 Å². The first-order valence-electron chi connectivity index (χ1n) is 7.52. The summed E-state index contributed by atoms with van der Waals surface area (Å²) in [5.41, 5.74) is 0.937. The highest BCUT2D eigenvalue weighted by molar-refractivity contribution is 7.91. The molecule has 1 aliphatic heterocycles. The van der Waals surface area contributed by atoms with Crippen molar-refractivity contribution in [3.05, 3.63) is 42.4 Å². The van der Waals surface area contributed by atoms with Gasteiger partial charge in [-0.25, -0.2) is 13.4 Å². The summed E-state index contributed by atoms with van der Waals surface area (Å²) >= 11 is 0. The van der Waals surface area contributed by atoms with Gasteiger partial charge in [0.15, 0.2) is 21.5 Å². The molecule has 1 aromatic carbocycles. The highest BCUT2D eigenvalue weighted by Gasteiger charge is 2.28. The van der Waals surface area contributed by atoms with Crippen LogP contribution in [-0.4, -0.2) is 36.9 Å². The van der Waals surface area contributed by atoms with E-state index in [-0.39, 0.29) is 29.9 Å². The van der Waals surface area contributed by atoms with Crippen molar-refractivity contribution >= 4 is 15.7 Å². The summed E-state index contributed by atoms with van der Waals surface area (Å²) in [6.07, 6.45) is 2.75. The third-order valence-corrected chi connectivity index (χ3v) is 5.54. The number of aromatic nitrogens is 1. The van der Waals surface area contributed by atoms with Crippen LogP contribution in [0.4, 0.5) is 0 Å². The normalized spacial score (nSPS) is 19.6. The molecule has 0 saturated carbocycles. The molecule has 1 atom stereocenters. The number of amides is 1. The Bertz CT molecular complexity index is 783. The van der Waals surface area contributed by atoms with Crippen molar-refractivity contribution in [2.24, 2.45) is 0 Å². The number of aryl methyl sites for hydroxylation is 1. The SMILES string of the molecule is O=C(CCc1ncc(-c2ccccc2)o1)N[C@@H]1CCS(=O)(=O)C1. The molecule has 1 N–H and O–H groups in total. The molecule has 2 aromatic rings. The van der Waals surface area contributed by atoms with Gasteiger partial charge in [-0.2, -0.15) is 0 Å². The molecule has 0 spiro atoms. The summed E-state index contributed by atoms with van der Waals surface area (Å²) in [5, 5.41) is 2.76. The molecule has 23 heavy (non-hydrogen) atoms. The average Bonchev–Trinajstić information content (AvgIpc) is 3.13. The number of oxazole rings is 1. The van der Waals surface area contributed by atoms with Gasteiger partial charge in [-0.1, -0.05) is 30.3 Å².